The molecule has 3 nitrogen and oxygen atoms in total. The number of rotatable bonds is 3. The van der Waals surface area contributed by atoms with Crippen molar-refractivity contribution in [3.8, 4) is 11.4 Å². The van der Waals surface area contributed by atoms with Crippen LogP contribution in [0, 0.1) is 6.92 Å². The largest absolute Gasteiger partial charge is 0.334 e. The van der Waals surface area contributed by atoms with Gasteiger partial charge in [0.05, 0.1) is 0 Å². The van der Waals surface area contributed by atoms with Gasteiger partial charge in [-0.3, -0.25) is 0 Å². The van der Waals surface area contributed by atoms with Crippen molar-refractivity contribution in [3.05, 3.63) is 77.2 Å². The van der Waals surface area contributed by atoms with E-state index in [1.54, 1.807) is 12.1 Å². The summed E-state index contributed by atoms with van der Waals surface area (Å²) in [5.74, 6) is 0.980. The average molecular weight is 297 g/mol. The van der Waals surface area contributed by atoms with Crippen molar-refractivity contribution in [1.82, 2.24) is 10.1 Å². The van der Waals surface area contributed by atoms with Crippen LogP contribution in [-0.4, -0.2) is 10.1 Å². The van der Waals surface area contributed by atoms with Crippen LogP contribution in [0.4, 0.5) is 0 Å². The summed E-state index contributed by atoms with van der Waals surface area (Å²) >= 11 is 5.88. The third kappa shape index (κ3) is 2.73. The molecule has 104 valence electrons. The fourth-order valence-corrected chi connectivity index (χ4v) is 2.18. The van der Waals surface area contributed by atoms with Gasteiger partial charge >= 0.3 is 0 Å². The van der Waals surface area contributed by atoms with Crippen LogP contribution in [0.25, 0.3) is 17.0 Å². The van der Waals surface area contributed by atoms with Gasteiger partial charge in [0.2, 0.25) is 5.82 Å². The van der Waals surface area contributed by atoms with E-state index >= 15 is 0 Å². The van der Waals surface area contributed by atoms with Gasteiger partial charge in [0.25, 0.3) is 5.89 Å². The van der Waals surface area contributed by atoms with Crippen molar-refractivity contribution in [2.75, 3.05) is 0 Å². The van der Waals surface area contributed by atoms with Crippen molar-refractivity contribution in [2.45, 2.75) is 6.92 Å². The molecule has 0 radical (unpaired) electrons. The SMILES string of the molecule is C=C(c1ccc(Cl)cc1)c1nc(-c2ccccc2C)no1. The first kappa shape index (κ1) is 13.6. The predicted octanol–water partition coefficient (Wildman–Crippen LogP) is 4.76. The lowest BCUT2D eigenvalue weighted by molar-refractivity contribution is 0.409. The lowest BCUT2D eigenvalue weighted by Crippen LogP contribution is -1.88. The molecule has 1 heterocycles. The van der Waals surface area contributed by atoms with E-state index < -0.39 is 0 Å². The van der Waals surface area contributed by atoms with E-state index in [2.05, 4.69) is 16.7 Å². The normalized spacial score (nSPS) is 10.6. The molecule has 0 atom stereocenters. The summed E-state index contributed by atoms with van der Waals surface area (Å²) in [5, 5.41) is 4.72. The second-order valence-electron chi connectivity index (χ2n) is 4.72. The van der Waals surface area contributed by atoms with Crippen molar-refractivity contribution < 1.29 is 4.52 Å². The Bertz CT molecular complexity index is 791. The van der Waals surface area contributed by atoms with E-state index in [-0.39, 0.29) is 0 Å². The molecule has 0 fully saturated rings. The summed E-state index contributed by atoms with van der Waals surface area (Å²) in [5.41, 5.74) is 3.64. The lowest BCUT2D eigenvalue weighted by Gasteiger charge is -2.00. The molecule has 0 amide bonds. The summed E-state index contributed by atoms with van der Waals surface area (Å²) in [6.07, 6.45) is 0. The third-order valence-electron chi connectivity index (χ3n) is 3.26. The van der Waals surface area contributed by atoms with Crippen LogP contribution in [0.5, 0.6) is 0 Å². The highest BCUT2D eigenvalue weighted by molar-refractivity contribution is 6.30. The molecule has 4 heteroatoms. The van der Waals surface area contributed by atoms with E-state index in [0.717, 1.165) is 16.7 Å². The van der Waals surface area contributed by atoms with Crippen molar-refractivity contribution in [3.63, 3.8) is 0 Å². The fraction of sp³-hybridized carbons (Fsp3) is 0.0588. The fourth-order valence-electron chi connectivity index (χ4n) is 2.05. The highest BCUT2D eigenvalue weighted by Gasteiger charge is 2.13. The highest BCUT2D eigenvalue weighted by atomic mass is 35.5. The van der Waals surface area contributed by atoms with Gasteiger partial charge in [-0.1, -0.05) is 59.7 Å². The Morgan fingerprint density at radius 1 is 1.10 bits per heavy atom. The zero-order chi connectivity index (χ0) is 14.8. The molecular weight excluding hydrogens is 284 g/mol. The molecule has 0 saturated carbocycles. The smallest absolute Gasteiger partial charge is 0.258 e. The van der Waals surface area contributed by atoms with Gasteiger partial charge in [-0.25, -0.2) is 0 Å². The first-order valence-corrected chi connectivity index (χ1v) is 6.88. The van der Waals surface area contributed by atoms with Gasteiger partial charge < -0.3 is 4.52 Å². The minimum atomic E-state index is 0.413. The number of hydrogen-bond acceptors (Lipinski definition) is 3. The molecule has 0 spiro atoms. The Hall–Kier alpha value is -2.39. The number of aryl methyl sites for hydroxylation is 1. The summed E-state index contributed by atoms with van der Waals surface area (Å²) in [6, 6.07) is 15.3. The molecule has 3 aromatic rings. The summed E-state index contributed by atoms with van der Waals surface area (Å²) in [4.78, 5) is 4.43. The van der Waals surface area contributed by atoms with Gasteiger partial charge in [-0.2, -0.15) is 4.98 Å². The Kier molecular flexibility index (Phi) is 3.59. The molecule has 21 heavy (non-hydrogen) atoms. The van der Waals surface area contributed by atoms with Crippen LogP contribution in [0.2, 0.25) is 5.02 Å². The number of nitrogens with zero attached hydrogens (tertiary/aromatic N) is 2. The van der Waals surface area contributed by atoms with Crippen LogP contribution in [0.1, 0.15) is 17.0 Å². The molecule has 0 aliphatic rings. The molecule has 0 bridgehead atoms. The zero-order valence-electron chi connectivity index (χ0n) is 11.5. The first-order chi connectivity index (χ1) is 10.1. The molecular formula is C17H13ClN2O. The third-order valence-corrected chi connectivity index (χ3v) is 3.51. The van der Waals surface area contributed by atoms with Crippen LogP contribution in [0.15, 0.2) is 59.6 Å². The topological polar surface area (TPSA) is 38.9 Å². The van der Waals surface area contributed by atoms with Gasteiger partial charge in [0.1, 0.15) is 0 Å². The maximum atomic E-state index is 5.88. The van der Waals surface area contributed by atoms with Gasteiger partial charge in [-0.15, -0.1) is 0 Å². The molecule has 0 saturated heterocycles. The van der Waals surface area contributed by atoms with E-state index in [1.807, 2.05) is 43.3 Å². The number of benzene rings is 2. The molecule has 1 aromatic heterocycles. The minimum Gasteiger partial charge on any atom is -0.334 e. The van der Waals surface area contributed by atoms with E-state index in [1.165, 1.54) is 0 Å². The molecule has 0 aliphatic carbocycles. The van der Waals surface area contributed by atoms with E-state index in [0.29, 0.717) is 22.3 Å². The molecule has 0 N–H and O–H groups in total. The Balaban J connectivity index is 1.93. The maximum Gasteiger partial charge on any atom is 0.258 e. The second kappa shape index (κ2) is 5.54. The van der Waals surface area contributed by atoms with E-state index in [9.17, 15) is 0 Å². The summed E-state index contributed by atoms with van der Waals surface area (Å²) in [6.45, 7) is 6.03. The second-order valence-corrected chi connectivity index (χ2v) is 5.16. The van der Waals surface area contributed by atoms with Crippen molar-refractivity contribution >= 4 is 17.2 Å². The Morgan fingerprint density at radius 2 is 1.81 bits per heavy atom. The van der Waals surface area contributed by atoms with Gasteiger partial charge in [0, 0.05) is 16.2 Å². The van der Waals surface area contributed by atoms with Crippen LogP contribution >= 0.6 is 11.6 Å². The number of halogens is 1. The van der Waals surface area contributed by atoms with Crippen LogP contribution in [0.3, 0.4) is 0 Å². The van der Waals surface area contributed by atoms with Crippen LogP contribution in [-0.2, 0) is 0 Å². The highest BCUT2D eigenvalue weighted by Crippen LogP contribution is 2.25. The van der Waals surface area contributed by atoms with Crippen molar-refractivity contribution in [1.29, 1.82) is 0 Å². The zero-order valence-corrected chi connectivity index (χ0v) is 12.3. The van der Waals surface area contributed by atoms with Gasteiger partial charge in [0.15, 0.2) is 0 Å². The molecule has 0 aliphatic heterocycles. The van der Waals surface area contributed by atoms with Gasteiger partial charge in [-0.05, 0) is 30.2 Å². The molecule has 3 rings (SSSR count). The quantitative estimate of drug-likeness (QED) is 0.699. The predicted molar refractivity (Wildman–Crippen MR) is 84.1 cm³/mol. The van der Waals surface area contributed by atoms with E-state index in [4.69, 9.17) is 16.1 Å². The lowest BCUT2D eigenvalue weighted by atomic mass is 10.1. The molecule has 0 unspecified atom stereocenters. The Morgan fingerprint density at radius 3 is 2.52 bits per heavy atom. The van der Waals surface area contributed by atoms with Crippen molar-refractivity contribution in [2.24, 2.45) is 0 Å². The molecule has 2 aromatic carbocycles. The minimum absolute atomic E-state index is 0.413. The first-order valence-electron chi connectivity index (χ1n) is 6.50. The number of aromatic nitrogens is 2. The standard InChI is InChI=1S/C17H13ClN2O/c1-11-5-3-4-6-15(11)16-19-17(21-20-16)12(2)13-7-9-14(18)10-8-13/h3-10H,2H2,1H3. The summed E-state index contributed by atoms with van der Waals surface area (Å²) in [7, 11) is 0. The monoisotopic (exact) mass is 296 g/mol. The number of hydrogen-bond donors (Lipinski definition) is 0. The van der Waals surface area contributed by atoms with Crippen LogP contribution < -0.4 is 0 Å². The Labute approximate surface area is 127 Å². The average Bonchev–Trinajstić information content (AvgIpc) is 2.97. The maximum absolute atomic E-state index is 5.88. The summed E-state index contributed by atoms with van der Waals surface area (Å²) < 4.78 is 5.33.